The highest BCUT2D eigenvalue weighted by Gasteiger charge is 2.33. The van der Waals surface area contributed by atoms with Crippen LogP contribution in [0.1, 0.15) is 40.2 Å². The van der Waals surface area contributed by atoms with Gasteiger partial charge < -0.3 is 5.32 Å². The summed E-state index contributed by atoms with van der Waals surface area (Å²) in [6.07, 6.45) is -2.97. The molecular formula is C18H15F4NO. The van der Waals surface area contributed by atoms with E-state index in [9.17, 15) is 22.4 Å². The maximum Gasteiger partial charge on any atom is 0.416 e. The van der Waals surface area contributed by atoms with E-state index in [0.717, 1.165) is 17.7 Å². The van der Waals surface area contributed by atoms with Crippen LogP contribution in [0.15, 0.2) is 48.5 Å². The monoisotopic (exact) mass is 337 g/mol. The van der Waals surface area contributed by atoms with Gasteiger partial charge in [0.15, 0.2) is 0 Å². The number of hydrogen-bond acceptors (Lipinski definition) is 1. The molecule has 0 heterocycles. The maximum atomic E-state index is 12.8. The molecule has 0 bridgehead atoms. The van der Waals surface area contributed by atoms with Gasteiger partial charge >= 0.3 is 6.18 Å². The zero-order valence-corrected chi connectivity index (χ0v) is 12.6. The summed E-state index contributed by atoms with van der Waals surface area (Å²) in [5.41, 5.74) is 0.566. The molecule has 1 amide bonds. The molecule has 0 saturated heterocycles. The van der Waals surface area contributed by atoms with Crippen LogP contribution in [0.25, 0.3) is 0 Å². The Balaban J connectivity index is 1.54. The molecule has 0 aromatic heterocycles. The average molecular weight is 337 g/mol. The van der Waals surface area contributed by atoms with Crippen molar-refractivity contribution in [1.82, 2.24) is 5.32 Å². The van der Waals surface area contributed by atoms with Crippen molar-refractivity contribution in [2.75, 3.05) is 0 Å². The van der Waals surface area contributed by atoms with E-state index in [1.165, 1.54) is 36.4 Å². The summed E-state index contributed by atoms with van der Waals surface area (Å²) < 4.78 is 50.4. The second kappa shape index (κ2) is 6.26. The van der Waals surface area contributed by atoms with Gasteiger partial charge in [-0.15, -0.1) is 0 Å². The van der Waals surface area contributed by atoms with Gasteiger partial charge in [-0.25, -0.2) is 4.39 Å². The summed E-state index contributed by atoms with van der Waals surface area (Å²) in [5, 5.41) is 2.85. The highest BCUT2D eigenvalue weighted by Crippen LogP contribution is 2.38. The first-order valence-corrected chi connectivity index (χ1v) is 7.56. The minimum Gasteiger partial charge on any atom is -0.349 e. The average Bonchev–Trinajstić information content (AvgIpc) is 2.50. The van der Waals surface area contributed by atoms with Gasteiger partial charge in [0.05, 0.1) is 5.56 Å². The molecule has 1 saturated carbocycles. The Labute approximate surface area is 136 Å². The van der Waals surface area contributed by atoms with E-state index in [0.29, 0.717) is 18.4 Å². The molecule has 0 aliphatic heterocycles. The molecule has 2 aromatic carbocycles. The minimum absolute atomic E-state index is 0.0187. The molecule has 1 fully saturated rings. The molecule has 24 heavy (non-hydrogen) atoms. The Morgan fingerprint density at radius 2 is 1.54 bits per heavy atom. The maximum absolute atomic E-state index is 12.8. The smallest absolute Gasteiger partial charge is 0.349 e. The summed E-state index contributed by atoms with van der Waals surface area (Å²) in [7, 11) is 0. The number of carbonyl (C=O) groups is 1. The van der Waals surface area contributed by atoms with Crippen molar-refractivity contribution < 1.29 is 22.4 Å². The number of amides is 1. The van der Waals surface area contributed by atoms with Crippen molar-refractivity contribution in [2.45, 2.75) is 31.0 Å². The van der Waals surface area contributed by atoms with Gasteiger partial charge in [0.25, 0.3) is 5.91 Å². The fourth-order valence-electron chi connectivity index (χ4n) is 2.82. The number of benzene rings is 2. The van der Waals surface area contributed by atoms with Crippen molar-refractivity contribution in [3.63, 3.8) is 0 Å². The highest BCUT2D eigenvalue weighted by atomic mass is 19.4. The van der Waals surface area contributed by atoms with Crippen LogP contribution in [0.3, 0.4) is 0 Å². The molecule has 126 valence electrons. The van der Waals surface area contributed by atoms with Crippen LogP contribution >= 0.6 is 0 Å². The lowest BCUT2D eigenvalue weighted by Gasteiger charge is -2.36. The summed E-state index contributed by atoms with van der Waals surface area (Å²) in [4.78, 5) is 12.0. The fourth-order valence-corrected chi connectivity index (χ4v) is 2.82. The fraction of sp³-hybridized carbons (Fsp3) is 0.278. The molecule has 2 aromatic rings. The van der Waals surface area contributed by atoms with Gasteiger partial charge in [0.1, 0.15) is 5.82 Å². The molecule has 0 atom stereocenters. The lowest BCUT2D eigenvalue weighted by molar-refractivity contribution is -0.137. The topological polar surface area (TPSA) is 29.1 Å². The predicted molar refractivity (Wildman–Crippen MR) is 81.1 cm³/mol. The molecule has 1 N–H and O–H groups in total. The van der Waals surface area contributed by atoms with Gasteiger partial charge in [0, 0.05) is 11.6 Å². The van der Waals surface area contributed by atoms with Crippen LogP contribution in [-0.2, 0) is 6.18 Å². The lowest BCUT2D eigenvalue weighted by atomic mass is 9.75. The van der Waals surface area contributed by atoms with Crippen molar-refractivity contribution in [2.24, 2.45) is 0 Å². The first kappa shape index (κ1) is 16.5. The van der Waals surface area contributed by atoms with Gasteiger partial charge in [-0.2, -0.15) is 13.2 Å². The van der Waals surface area contributed by atoms with Crippen LogP contribution in [0, 0.1) is 5.82 Å². The van der Waals surface area contributed by atoms with E-state index in [1.54, 1.807) is 0 Å². The molecular weight excluding hydrogens is 322 g/mol. The molecule has 0 radical (unpaired) electrons. The summed E-state index contributed by atoms with van der Waals surface area (Å²) >= 11 is 0. The van der Waals surface area contributed by atoms with E-state index in [2.05, 4.69) is 5.32 Å². The Bertz CT molecular complexity index is 716. The van der Waals surface area contributed by atoms with Crippen molar-refractivity contribution in [3.05, 3.63) is 71.0 Å². The number of alkyl halides is 3. The van der Waals surface area contributed by atoms with Gasteiger partial charge in [-0.05, 0) is 60.7 Å². The quantitative estimate of drug-likeness (QED) is 0.820. The SMILES string of the molecule is O=C(NC1CC(c2ccc(C(F)(F)F)cc2)C1)c1ccc(F)cc1. The Hall–Kier alpha value is -2.37. The Morgan fingerprint density at radius 3 is 2.08 bits per heavy atom. The van der Waals surface area contributed by atoms with Crippen LogP contribution in [0.4, 0.5) is 17.6 Å². The summed E-state index contributed by atoms with van der Waals surface area (Å²) in [6.45, 7) is 0. The first-order chi connectivity index (χ1) is 11.3. The molecule has 6 heteroatoms. The van der Waals surface area contributed by atoms with Crippen LogP contribution in [0.2, 0.25) is 0 Å². The molecule has 1 aliphatic rings. The number of carbonyl (C=O) groups excluding carboxylic acids is 1. The van der Waals surface area contributed by atoms with E-state index in [4.69, 9.17) is 0 Å². The van der Waals surface area contributed by atoms with Gasteiger partial charge in [-0.1, -0.05) is 12.1 Å². The minimum atomic E-state index is -4.33. The van der Waals surface area contributed by atoms with Crippen LogP contribution in [-0.4, -0.2) is 11.9 Å². The largest absolute Gasteiger partial charge is 0.416 e. The predicted octanol–water partition coefficient (Wildman–Crippen LogP) is 4.52. The standard InChI is InChI=1S/C18H15F4NO/c19-15-7-3-12(4-8-15)17(24)23-16-9-13(10-16)11-1-5-14(6-2-11)18(20,21)22/h1-8,13,16H,9-10H2,(H,23,24). The van der Waals surface area contributed by atoms with Crippen LogP contribution < -0.4 is 5.32 Å². The number of rotatable bonds is 3. The molecule has 0 unspecified atom stereocenters. The van der Waals surface area contributed by atoms with Crippen molar-refractivity contribution >= 4 is 5.91 Å². The number of hydrogen-bond donors (Lipinski definition) is 1. The second-order valence-corrected chi connectivity index (χ2v) is 5.97. The highest BCUT2D eigenvalue weighted by molar-refractivity contribution is 5.94. The second-order valence-electron chi connectivity index (χ2n) is 5.97. The van der Waals surface area contributed by atoms with Crippen molar-refractivity contribution in [3.8, 4) is 0 Å². The zero-order chi connectivity index (χ0) is 17.3. The van der Waals surface area contributed by atoms with E-state index in [1.807, 2.05) is 0 Å². The summed E-state index contributed by atoms with van der Waals surface area (Å²) in [6, 6.07) is 10.4. The lowest BCUT2D eigenvalue weighted by Crippen LogP contribution is -2.43. The number of halogens is 4. The summed E-state index contributed by atoms with van der Waals surface area (Å²) in [5.74, 6) is -0.533. The third-order valence-electron chi connectivity index (χ3n) is 4.29. The Kier molecular flexibility index (Phi) is 4.30. The first-order valence-electron chi connectivity index (χ1n) is 7.56. The zero-order valence-electron chi connectivity index (χ0n) is 12.6. The third-order valence-corrected chi connectivity index (χ3v) is 4.29. The molecule has 3 rings (SSSR count). The Morgan fingerprint density at radius 1 is 0.958 bits per heavy atom. The van der Waals surface area contributed by atoms with Gasteiger partial charge in [0.2, 0.25) is 0 Å². The molecule has 1 aliphatic carbocycles. The number of nitrogens with one attached hydrogen (secondary N) is 1. The molecule has 0 spiro atoms. The normalized spacial score (nSPS) is 20.3. The third kappa shape index (κ3) is 3.58. The van der Waals surface area contributed by atoms with Gasteiger partial charge in [-0.3, -0.25) is 4.79 Å². The van der Waals surface area contributed by atoms with E-state index >= 15 is 0 Å². The van der Waals surface area contributed by atoms with Crippen molar-refractivity contribution in [1.29, 1.82) is 0 Å². The van der Waals surface area contributed by atoms with E-state index in [-0.39, 0.29) is 17.9 Å². The van der Waals surface area contributed by atoms with Crippen LogP contribution in [0.5, 0.6) is 0 Å². The molecule has 2 nitrogen and oxygen atoms in total. The van der Waals surface area contributed by atoms with E-state index < -0.39 is 17.6 Å².